The molecule has 4 rings (SSSR count). The van der Waals surface area contributed by atoms with Gasteiger partial charge in [0.05, 0.1) is 22.1 Å². The number of piperidine rings is 1. The second-order valence-electron chi connectivity index (χ2n) is 8.54. The predicted molar refractivity (Wildman–Crippen MR) is 103 cm³/mol. The Morgan fingerprint density at radius 2 is 1.90 bits per heavy atom. The van der Waals surface area contributed by atoms with Crippen LogP contribution in [0.2, 0.25) is 5.02 Å². The van der Waals surface area contributed by atoms with Gasteiger partial charge in [-0.2, -0.15) is 13.2 Å². The lowest BCUT2D eigenvalue weighted by Gasteiger charge is -2.41. The molecule has 3 heterocycles. The Hall–Kier alpha value is -1.54. The van der Waals surface area contributed by atoms with Crippen LogP contribution in [0.3, 0.4) is 0 Å². The first kappa shape index (κ1) is 20.7. The van der Waals surface area contributed by atoms with Crippen LogP contribution in [0.4, 0.5) is 19.0 Å². The Bertz CT molecular complexity index is 783. The molecule has 29 heavy (non-hydrogen) atoms. The van der Waals surface area contributed by atoms with Crippen molar-refractivity contribution >= 4 is 23.3 Å². The van der Waals surface area contributed by atoms with Gasteiger partial charge in [-0.25, -0.2) is 4.98 Å². The molecule has 3 fully saturated rings. The lowest BCUT2D eigenvalue weighted by molar-refractivity contribution is -0.139. The summed E-state index contributed by atoms with van der Waals surface area (Å²) in [6.07, 6.45) is 1.39. The van der Waals surface area contributed by atoms with Crippen molar-refractivity contribution in [2.45, 2.75) is 63.3 Å². The summed E-state index contributed by atoms with van der Waals surface area (Å²) in [5.74, 6) is 0.442. The summed E-state index contributed by atoms with van der Waals surface area (Å²) < 4.78 is 38.7. The smallest absolute Gasteiger partial charge is 0.393 e. The number of rotatable bonds is 2. The van der Waals surface area contributed by atoms with Crippen LogP contribution in [0.5, 0.6) is 0 Å². The van der Waals surface area contributed by atoms with E-state index in [1.807, 2.05) is 9.80 Å². The maximum Gasteiger partial charge on any atom is 0.417 e. The van der Waals surface area contributed by atoms with Gasteiger partial charge in [0.1, 0.15) is 5.82 Å². The number of aromatic nitrogens is 1. The third-order valence-corrected chi connectivity index (χ3v) is 6.96. The van der Waals surface area contributed by atoms with Crippen molar-refractivity contribution in [3.8, 4) is 0 Å². The Morgan fingerprint density at radius 3 is 2.55 bits per heavy atom. The predicted octanol–water partition coefficient (Wildman–Crippen LogP) is 3.88. The van der Waals surface area contributed by atoms with E-state index in [-0.39, 0.29) is 23.1 Å². The molecule has 1 atom stereocenters. The number of carbonyl (C=O) groups excluding carboxylic acids is 1. The van der Waals surface area contributed by atoms with Crippen LogP contribution in [0, 0.1) is 5.41 Å². The van der Waals surface area contributed by atoms with Crippen molar-refractivity contribution < 1.29 is 23.1 Å². The summed E-state index contributed by atoms with van der Waals surface area (Å²) in [5, 5.41) is 9.69. The summed E-state index contributed by atoms with van der Waals surface area (Å²) in [5.41, 5.74) is -1.40. The number of hydrogen-bond acceptors (Lipinski definition) is 4. The fourth-order valence-corrected chi connectivity index (χ4v) is 5.36. The zero-order chi connectivity index (χ0) is 20.8. The number of halogens is 4. The molecule has 0 radical (unpaired) electrons. The molecule has 1 N–H and O–H groups in total. The molecular formula is C20H25ClF3N3O2. The van der Waals surface area contributed by atoms with E-state index in [1.165, 1.54) is 0 Å². The molecule has 1 saturated carbocycles. The molecule has 9 heteroatoms. The van der Waals surface area contributed by atoms with E-state index in [1.54, 1.807) is 0 Å². The van der Waals surface area contributed by atoms with Crippen LogP contribution in [0.1, 0.15) is 50.5 Å². The third kappa shape index (κ3) is 3.93. The van der Waals surface area contributed by atoms with Crippen molar-refractivity contribution in [1.29, 1.82) is 0 Å². The number of amides is 1. The van der Waals surface area contributed by atoms with Crippen LogP contribution in [-0.4, -0.2) is 52.7 Å². The molecule has 0 bridgehead atoms. The number of alkyl halides is 3. The second kappa shape index (κ2) is 7.61. The van der Waals surface area contributed by atoms with Gasteiger partial charge < -0.3 is 14.9 Å². The topological polar surface area (TPSA) is 56.7 Å². The molecule has 2 saturated heterocycles. The van der Waals surface area contributed by atoms with E-state index in [4.69, 9.17) is 11.6 Å². The Balaban J connectivity index is 1.50. The molecule has 5 nitrogen and oxygen atoms in total. The van der Waals surface area contributed by atoms with Gasteiger partial charge in [0, 0.05) is 31.9 Å². The van der Waals surface area contributed by atoms with Crippen LogP contribution in [0.15, 0.2) is 12.3 Å². The molecule has 160 valence electrons. The molecule has 1 spiro atoms. The van der Waals surface area contributed by atoms with Crippen molar-refractivity contribution in [3.05, 3.63) is 22.8 Å². The molecule has 1 aromatic heterocycles. The first-order valence-electron chi connectivity index (χ1n) is 10.2. The number of anilines is 1. The minimum atomic E-state index is -4.49. The number of pyridine rings is 1. The van der Waals surface area contributed by atoms with Crippen molar-refractivity contribution in [3.63, 3.8) is 0 Å². The summed E-state index contributed by atoms with van der Waals surface area (Å²) in [7, 11) is 0. The van der Waals surface area contributed by atoms with Gasteiger partial charge >= 0.3 is 6.18 Å². The highest BCUT2D eigenvalue weighted by Gasteiger charge is 2.51. The van der Waals surface area contributed by atoms with Gasteiger partial charge in [0.25, 0.3) is 0 Å². The highest BCUT2D eigenvalue weighted by molar-refractivity contribution is 6.33. The minimum Gasteiger partial charge on any atom is -0.393 e. The van der Waals surface area contributed by atoms with E-state index in [0.717, 1.165) is 57.2 Å². The van der Waals surface area contributed by atoms with Gasteiger partial charge in [-0.3, -0.25) is 4.79 Å². The average molecular weight is 432 g/mol. The van der Waals surface area contributed by atoms with Gasteiger partial charge in [0.2, 0.25) is 5.91 Å². The molecule has 1 aliphatic carbocycles. The second-order valence-corrected chi connectivity index (χ2v) is 8.95. The zero-order valence-corrected chi connectivity index (χ0v) is 16.8. The summed E-state index contributed by atoms with van der Waals surface area (Å²) in [4.78, 5) is 21.2. The van der Waals surface area contributed by atoms with E-state index >= 15 is 0 Å². The number of aliphatic hydroxyl groups excluding tert-OH is 1. The fourth-order valence-electron chi connectivity index (χ4n) is 5.08. The molecule has 2 aliphatic heterocycles. The largest absolute Gasteiger partial charge is 0.417 e. The third-order valence-electron chi connectivity index (χ3n) is 6.68. The monoisotopic (exact) mass is 431 g/mol. The Kier molecular flexibility index (Phi) is 5.44. The van der Waals surface area contributed by atoms with Crippen LogP contribution < -0.4 is 4.90 Å². The SMILES string of the molecule is O=C1N(C2CCC(O)CC2)CC[C@]12CCCN(c1ncc(C(F)(F)F)cc1Cl)C2. The molecule has 1 amide bonds. The van der Waals surface area contributed by atoms with Gasteiger partial charge in [-0.05, 0) is 51.0 Å². The number of carbonyl (C=O) groups is 1. The standard InChI is InChI=1S/C20H25ClF3N3O2/c21-16-10-13(20(22,23)24)11-25-17(16)26-8-1-6-19(12-26)7-9-27(18(19)29)14-2-4-15(28)5-3-14/h10-11,14-15,28H,1-9,12H2/t14?,15?,19-/m0/s1. The zero-order valence-electron chi connectivity index (χ0n) is 16.1. The highest BCUT2D eigenvalue weighted by Crippen LogP contribution is 2.44. The maximum absolute atomic E-state index is 13.3. The number of aliphatic hydroxyl groups is 1. The first-order chi connectivity index (χ1) is 13.7. The quantitative estimate of drug-likeness (QED) is 0.772. The lowest BCUT2D eigenvalue weighted by atomic mass is 9.78. The van der Waals surface area contributed by atoms with Crippen molar-refractivity contribution in [2.75, 3.05) is 24.5 Å². The molecule has 0 aromatic carbocycles. The van der Waals surface area contributed by atoms with Gasteiger partial charge in [0.15, 0.2) is 0 Å². The van der Waals surface area contributed by atoms with Crippen LogP contribution in [0.25, 0.3) is 0 Å². The Morgan fingerprint density at radius 1 is 1.17 bits per heavy atom. The number of likely N-dealkylation sites (tertiary alicyclic amines) is 1. The molecule has 0 unspecified atom stereocenters. The van der Waals surface area contributed by atoms with E-state index in [0.29, 0.717) is 25.5 Å². The minimum absolute atomic E-state index is 0.0413. The van der Waals surface area contributed by atoms with Crippen LogP contribution >= 0.6 is 11.6 Å². The van der Waals surface area contributed by atoms with E-state index in [2.05, 4.69) is 4.98 Å². The average Bonchev–Trinajstić information content (AvgIpc) is 2.97. The molecule has 3 aliphatic rings. The van der Waals surface area contributed by atoms with Crippen molar-refractivity contribution in [2.24, 2.45) is 5.41 Å². The normalized spacial score (nSPS) is 31.0. The summed E-state index contributed by atoms with van der Waals surface area (Å²) in [6.45, 7) is 1.74. The number of hydrogen-bond donors (Lipinski definition) is 1. The molecular weight excluding hydrogens is 407 g/mol. The molecule has 1 aromatic rings. The summed E-state index contributed by atoms with van der Waals surface area (Å²) >= 11 is 6.14. The van der Waals surface area contributed by atoms with E-state index < -0.39 is 17.2 Å². The maximum atomic E-state index is 13.3. The van der Waals surface area contributed by atoms with Crippen molar-refractivity contribution in [1.82, 2.24) is 9.88 Å². The van der Waals surface area contributed by atoms with Crippen LogP contribution in [-0.2, 0) is 11.0 Å². The lowest BCUT2D eigenvalue weighted by Crippen LogP contribution is -2.50. The number of nitrogens with zero attached hydrogens (tertiary/aromatic N) is 3. The van der Waals surface area contributed by atoms with Gasteiger partial charge in [-0.1, -0.05) is 11.6 Å². The first-order valence-corrected chi connectivity index (χ1v) is 10.5. The highest BCUT2D eigenvalue weighted by atomic mass is 35.5. The van der Waals surface area contributed by atoms with Gasteiger partial charge in [-0.15, -0.1) is 0 Å². The summed E-state index contributed by atoms with van der Waals surface area (Å²) in [6, 6.07) is 1.08. The van der Waals surface area contributed by atoms with E-state index in [9.17, 15) is 23.1 Å². The Labute approximate surface area is 172 Å². The fraction of sp³-hybridized carbons (Fsp3) is 0.700.